The van der Waals surface area contributed by atoms with Gasteiger partial charge in [-0.1, -0.05) is 0 Å². The van der Waals surface area contributed by atoms with Crippen molar-refractivity contribution >= 4 is 21.8 Å². The van der Waals surface area contributed by atoms with Crippen molar-refractivity contribution < 1.29 is 17.9 Å². The Kier molecular flexibility index (Phi) is 4.42. The van der Waals surface area contributed by atoms with Crippen molar-refractivity contribution in [2.75, 3.05) is 32.6 Å². The number of nitrogens with zero attached hydrogens (tertiary/aromatic N) is 1. The molecule has 2 heterocycles. The zero-order chi connectivity index (χ0) is 15.8. The van der Waals surface area contributed by atoms with E-state index in [4.69, 9.17) is 9.47 Å². The molecule has 1 aromatic rings. The fourth-order valence-electron chi connectivity index (χ4n) is 3.03. The molecule has 2 fully saturated rings. The molecule has 5 nitrogen and oxygen atoms in total. The smallest absolute Gasteiger partial charge is 0.243 e. The van der Waals surface area contributed by atoms with Crippen LogP contribution in [-0.4, -0.2) is 56.1 Å². The second-order valence-corrected chi connectivity index (χ2v) is 9.15. The van der Waals surface area contributed by atoms with Crippen LogP contribution in [0.25, 0.3) is 0 Å². The highest BCUT2D eigenvalue weighted by Crippen LogP contribution is 2.47. The van der Waals surface area contributed by atoms with Crippen LogP contribution in [0.15, 0.2) is 29.2 Å². The van der Waals surface area contributed by atoms with Crippen LogP contribution < -0.4 is 4.74 Å². The first kappa shape index (κ1) is 16.1. The molecular weight excluding hydrogens is 322 g/mol. The molecule has 2 saturated heterocycles. The molecule has 1 spiro atoms. The van der Waals surface area contributed by atoms with Crippen molar-refractivity contribution in [3.05, 3.63) is 24.3 Å². The quantitative estimate of drug-likeness (QED) is 0.818. The molecule has 0 saturated carbocycles. The largest absolute Gasteiger partial charge is 0.497 e. The molecule has 2 aliphatic heterocycles. The van der Waals surface area contributed by atoms with E-state index in [2.05, 4.69) is 0 Å². The van der Waals surface area contributed by atoms with Gasteiger partial charge in [-0.05, 0) is 37.6 Å². The minimum absolute atomic E-state index is 0.0549. The van der Waals surface area contributed by atoms with Crippen molar-refractivity contribution in [2.24, 2.45) is 0 Å². The SMILES string of the molecule is CCO[C@@H]1CSC2(C1)CN(S(=O)(=O)c1ccc(OC)cc1)C2. The summed E-state index contributed by atoms with van der Waals surface area (Å²) in [6.07, 6.45) is 1.21. The molecule has 0 radical (unpaired) electrons. The highest BCUT2D eigenvalue weighted by Gasteiger charge is 2.53. The monoisotopic (exact) mass is 343 g/mol. The van der Waals surface area contributed by atoms with E-state index in [1.807, 2.05) is 18.7 Å². The lowest BCUT2D eigenvalue weighted by Gasteiger charge is -2.46. The minimum atomic E-state index is -3.40. The second-order valence-electron chi connectivity index (χ2n) is 5.72. The van der Waals surface area contributed by atoms with Gasteiger partial charge in [-0.15, -0.1) is 11.8 Å². The molecule has 0 unspecified atom stereocenters. The normalized spacial score (nSPS) is 24.4. The molecular formula is C15H21NO4S2. The van der Waals surface area contributed by atoms with Crippen LogP contribution in [0.2, 0.25) is 0 Å². The summed E-state index contributed by atoms with van der Waals surface area (Å²) in [5, 5.41) is 0. The highest BCUT2D eigenvalue weighted by atomic mass is 32.2. The molecule has 1 atom stereocenters. The number of hydrogen-bond acceptors (Lipinski definition) is 5. The summed E-state index contributed by atoms with van der Waals surface area (Å²) >= 11 is 1.85. The van der Waals surface area contributed by atoms with Gasteiger partial charge in [0.1, 0.15) is 5.75 Å². The molecule has 2 aliphatic rings. The maximum Gasteiger partial charge on any atom is 0.243 e. The van der Waals surface area contributed by atoms with Crippen molar-refractivity contribution in [3.8, 4) is 5.75 Å². The fraction of sp³-hybridized carbons (Fsp3) is 0.600. The molecule has 0 bridgehead atoms. The summed E-state index contributed by atoms with van der Waals surface area (Å²) in [5.41, 5.74) is 0. The Morgan fingerprint density at radius 3 is 2.59 bits per heavy atom. The van der Waals surface area contributed by atoms with Gasteiger partial charge in [0.15, 0.2) is 0 Å². The second kappa shape index (κ2) is 6.03. The lowest BCUT2D eigenvalue weighted by molar-refractivity contribution is 0.0598. The van der Waals surface area contributed by atoms with Gasteiger partial charge >= 0.3 is 0 Å². The molecule has 122 valence electrons. The zero-order valence-electron chi connectivity index (χ0n) is 12.8. The van der Waals surface area contributed by atoms with E-state index >= 15 is 0 Å². The number of benzene rings is 1. The van der Waals surface area contributed by atoms with E-state index in [-0.39, 0.29) is 10.9 Å². The summed E-state index contributed by atoms with van der Waals surface area (Å²) in [7, 11) is -1.83. The third-order valence-electron chi connectivity index (χ3n) is 4.20. The topological polar surface area (TPSA) is 55.8 Å². The van der Waals surface area contributed by atoms with E-state index in [0.29, 0.717) is 23.7 Å². The van der Waals surface area contributed by atoms with Crippen LogP contribution in [-0.2, 0) is 14.8 Å². The van der Waals surface area contributed by atoms with Crippen molar-refractivity contribution in [2.45, 2.75) is 29.1 Å². The van der Waals surface area contributed by atoms with E-state index in [1.165, 1.54) is 0 Å². The Morgan fingerprint density at radius 1 is 1.32 bits per heavy atom. The molecule has 1 aromatic carbocycles. The van der Waals surface area contributed by atoms with Crippen LogP contribution in [0.5, 0.6) is 5.75 Å². The molecule has 22 heavy (non-hydrogen) atoms. The van der Waals surface area contributed by atoms with Gasteiger partial charge < -0.3 is 9.47 Å². The Bertz CT molecular complexity index is 623. The molecule has 3 rings (SSSR count). The van der Waals surface area contributed by atoms with Gasteiger partial charge in [0.2, 0.25) is 10.0 Å². The molecule has 0 N–H and O–H groups in total. The van der Waals surface area contributed by atoms with Crippen LogP contribution in [0.3, 0.4) is 0 Å². The predicted molar refractivity (Wildman–Crippen MR) is 87.0 cm³/mol. The first-order valence-corrected chi connectivity index (χ1v) is 9.81. The number of rotatable bonds is 5. The Morgan fingerprint density at radius 2 is 2.00 bits per heavy atom. The lowest BCUT2D eigenvalue weighted by Crippen LogP contribution is -2.60. The van der Waals surface area contributed by atoms with E-state index in [1.54, 1.807) is 35.7 Å². The predicted octanol–water partition coefficient (Wildman–Crippen LogP) is 1.98. The minimum Gasteiger partial charge on any atom is -0.497 e. The number of hydrogen-bond donors (Lipinski definition) is 0. The fourth-order valence-corrected chi connectivity index (χ4v) is 6.36. The third-order valence-corrected chi connectivity index (χ3v) is 7.59. The average Bonchev–Trinajstić information content (AvgIpc) is 2.91. The van der Waals surface area contributed by atoms with Gasteiger partial charge in [-0.3, -0.25) is 0 Å². The molecule has 7 heteroatoms. The van der Waals surface area contributed by atoms with E-state index in [0.717, 1.165) is 18.8 Å². The number of thioether (sulfide) groups is 1. The average molecular weight is 343 g/mol. The van der Waals surface area contributed by atoms with E-state index < -0.39 is 10.0 Å². The molecule has 0 aliphatic carbocycles. The summed E-state index contributed by atoms with van der Waals surface area (Å²) < 4.78 is 37.6. The van der Waals surface area contributed by atoms with Gasteiger partial charge in [0.25, 0.3) is 0 Å². The summed E-state index contributed by atoms with van der Waals surface area (Å²) in [5.74, 6) is 1.62. The molecule has 0 aromatic heterocycles. The van der Waals surface area contributed by atoms with E-state index in [9.17, 15) is 8.42 Å². The van der Waals surface area contributed by atoms with Crippen LogP contribution in [0.4, 0.5) is 0 Å². The van der Waals surface area contributed by atoms with Crippen molar-refractivity contribution in [1.82, 2.24) is 4.31 Å². The third kappa shape index (κ3) is 2.87. The number of sulfonamides is 1. The standard InChI is InChI=1S/C15H21NO4S2/c1-3-20-13-8-15(21-9-13)10-16(11-15)22(17,18)14-6-4-12(19-2)5-7-14/h4-7,13H,3,8-11H2,1-2H3/t13-/m0/s1. The Hall–Kier alpha value is -0.760. The van der Waals surface area contributed by atoms with Gasteiger partial charge in [-0.2, -0.15) is 4.31 Å². The zero-order valence-corrected chi connectivity index (χ0v) is 14.5. The maximum absolute atomic E-state index is 12.6. The Balaban J connectivity index is 1.66. The van der Waals surface area contributed by atoms with Crippen molar-refractivity contribution in [1.29, 1.82) is 0 Å². The number of ether oxygens (including phenoxy) is 2. The Labute approximate surface area is 136 Å². The van der Waals surface area contributed by atoms with Gasteiger partial charge in [0, 0.05) is 30.2 Å². The maximum atomic E-state index is 12.6. The lowest BCUT2D eigenvalue weighted by atomic mass is 9.95. The van der Waals surface area contributed by atoms with Gasteiger partial charge in [-0.25, -0.2) is 8.42 Å². The van der Waals surface area contributed by atoms with Crippen LogP contribution in [0, 0.1) is 0 Å². The summed E-state index contributed by atoms with van der Waals surface area (Å²) in [6.45, 7) is 3.87. The first-order valence-electron chi connectivity index (χ1n) is 7.39. The summed E-state index contributed by atoms with van der Waals surface area (Å²) in [4.78, 5) is 0.326. The van der Waals surface area contributed by atoms with Crippen molar-refractivity contribution in [3.63, 3.8) is 0 Å². The highest BCUT2D eigenvalue weighted by molar-refractivity contribution is 8.01. The van der Waals surface area contributed by atoms with Gasteiger partial charge in [0.05, 0.1) is 18.1 Å². The summed E-state index contributed by atoms with van der Waals surface area (Å²) in [6, 6.07) is 6.56. The van der Waals surface area contributed by atoms with Crippen LogP contribution >= 0.6 is 11.8 Å². The molecule has 0 amide bonds. The number of methoxy groups -OCH3 is 1. The van der Waals surface area contributed by atoms with Crippen LogP contribution in [0.1, 0.15) is 13.3 Å². The first-order chi connectivity index (χ1) is 10.5.